The Bertz CT molecular complexity index is 1160. The van der Waals surface area contributed by atoms with Crippen molar-refractivity contribution in [2.75, 3.05) is 11.9 Å². The third-order valence-corrected chi connectivity index (χ3v) is 5.47. The Morgan fingerprint density at radius 2 is 1.67 bits per heavy atom. The topological polar surface area (TPSA) is 77.0 Å². The summed E-state index contributed by atoms with van der Waals surface area (Å²) in [5.74, 6) is 0.0533. The first kappa shape index (κ1) is 19.7. The lowest BCUT2D eigenvalue weighted by Gasteiger charge is -2.06. The Labute approximate surface area is 178 Å². The number of rotatable bonds is 6. The number of ether oxygens (including phenoxy) is 1. The predicted octanol–water partition coefficient (Wildman–Crippen LogP) is 5.50. The Kier molecular flexibility index (Phi) is 5.81. The smallest absolute Gasteiger partial charge is 0.350 e. The van der Waals surface area contributed by atoms with Gasteiger partial charge in [-0.3, -0.25) is 0 Å². The van der Waals surface area contributed by atoms with Gasteiger partial charge in [0.05, 0.1) is 18.0 Å². The number of benzene rings is 2. The van der Waals surface area contributed by atoms with Gasteiger partial charge in [-0.25, -0.2) is 19.7 Å². The van der Waals surface area contributed by atoms with Crippen molar-refractivity contribution in [2.45, 2.75) is 13.8 Å². The van der Waals surface area contributed by atoms with Crippen LogP contribution in [0.1, 0.15) is 22.3 Å². The first-order valence-corrected chi connectivity index (χ1v) is 10.4. The van der Waals surface area contributed by atoms with Crippen molar-refractivity contribution in [2.24, 2.45) is 0 Å². The van der Waals surface area contributed by atoms with Crippen LogP contribution in [-0.2, 0) is 4.74 Å². The van der Waals surface area contributed by atoms with Gasteiger partial charge in [0, 0.05) is 11.8 Å². The van der Waals surface area contributed by atoms with E-state index in [1.54, 1.807) is 20.0 Å². The molecular weight excluding hydrogens is 396 g/mol. The highest BCUT2D eigenvalue weighted by Crippen LogP contribution is 2.27. The van der Waals surface area contributed by atoms with Gasteiger partial charge in [-0.15, -0.1) is 0 Å². The monoisotopic (exact) mass is 416 g/mol. The highest BCUT2D eigenvalue weighted by Gasteiger charge is 2.17. The Morgan fingerprint density at radius 3 is 2.40 bits per heavy atom. The van der Waals surface area contributed by atoms with Crippen LogP contribution in [0.5, 0.6) is 0 Å². The summed E-state index contributed by atoms with van der Waals surface area (Å²) in [5.41, 5.74) is 4.73. The first-order valence-electron chi connectivity index (χ1n) is 9.54. The van der Waals surface area contributed by atoms with Crippen LogP contribution in [0.4, 0.5) is 11.1 Å². The van der Waals surface area contributed by atoms with Crippen molar-refractivity contribution >= 4 is 28.4 Å². The van der Waals surface area contributed by atoms with Crippen LogP contribution < -0.4 is 5.32 Å². The average Bonchev–Trinajstić information content (AvgIpc) is 3.15. The number of anilines is 2. The molecule has 0 aliphatic carbocycles. The number of hydrogen-bond acceptors (Lipinski definition) is 7. The molecular formula is C23H20N4O2S. The van der Waals surface area contributed by atoms with E-state index in [2.05, 4.69) is 44.5 Å². The minimum Gasteiger partial charge on any atom is -0.462 e. The quantitative estimate of drug-likeness (QED) is 0.419. The van der Waals surface area contributed by atoms with Crippen molar-refractivity contribution < 1.29 is 9.53 Å². The largest absolute Gasteiger partial charge is 0.462 e. The molecule has 0 aliphatic rings. The summed E-state index contributed by atoms with van der Waals surface area (Å²) in [6, 6.07) is 20.3. The lowest BCUT2D eigenvalue weighted by molar-refractivity contribution is 0.0531. The number of hydrogen-bond donors (Lipinski definition) is 1. The van der Waals surface area contributed by atoms with Crippen LogP contribution in [0.3, 0.4) is 0 Å². The maximum absolute atomic E-state index is 12.0. The van der Waals surface area contributed by atoms with E-state index < -0.39 is 0 Å². The van der Waals surface area contributed by atoms with Crippen LogP contribution in [0.15, 0.2) is 66.9 Å². The van der Waals surface area contributed by atoms with E-state index in [0.29, 0.717) is 28.3 Å². The van der Waals surface area contributed by atoms with E-state index in [0.717, 1.165) is 16.8 Å². The second kappa shape index (κ2) is 8.84. The molecule has 0 amide bonds. The highest BCUT2D eigenvalue weighted by molar-refractivity contribution is 7.17. The Morgan fingerprint density at radius 1 is 0.967 bits per heavy atom. The zero-order valence-corrected chi connectivity index (χ0v) is 17.4. The van der Waals surface area contributed by atoms with Gasteiger partial charge in [0.2, 0.25) is 5.95 Å². The van der Waals surface area contributed by atoms with Crippen LogP contribution in [-0.4, -0.2) is 27.5 Å². The number of aromatic nitrogens is 3. The fraction of sp³-hybridized carbons (Fsp3) is 0.130. The van der Waals surface area contributed by atoms with E-state index in [1.807, 2.05) is 36.4 Å². The predicted molar refractivity (Wildman–Crippen MR) is 119 cm³/mol. The molecule has 1 N–H and O–H groups in total. The molecule has 0 radical (unpaired) electrons. The number of nitrogens with zero attached hydrogens (tertiary/aromatic N) is 3. The van der Waals surface area contributed by atoms with Crippen LogP contribution in [0.2, 0.25) is 0 Å². The first-order chi connectivity index (χ1) is 14.6. The molecule has 0 fully saturated rings. The number of carbonyl (C=O) groups is 1. The van der Waals surface area contributed by atoms with Crippen molar-refractivity contribution in [1.82, 2.24) is 15.0 Å². The average molecular weight is 417 g/mol. The number of nitrogens with one attached hydrogen (secondary N) is 1. The van der Waals surface area contributed by atoms with Crippen molar-refractivity contribution in [3.05, 3.63) is 77.4 Å². The summed E-state index contributed by atoms with van der Waals surface area (Å²) in [6.45, 7) is 3.88. The van der Waals surface area contributed by atoms with Crippen molar-refractivity contribution in [3.8, 4) is 22.4 Å². The van der Waals surface area contributed by atoms with Gasteiger partial charge < -0.3 is 10.1 Å². The summed E-state index contributed by atoms with van der Waals surface area (Å²) < 4.78 is 5.06. The molecule has 2 heterocycles. The molecule has 7 heteroatoms. The molecule has 4 rings (SSSR count). The van der Waals surface area contributed by atoms with Crippen molar-refractivity contribution in [3.63, 3.8) is 0 Å². The summed E-state index contributed by atoms with van der Waals surface area (Å²) in [6.07, 6.45) is 1.70. The minimum absolute atomic E-state index is 0.327. The molecule has 0 spiro atoms. The van der Waals surface area contributed by atoms with Gasteiger partial charge in [-0.2, -0.15) is 0 Å². The van der Waals surface area contributed by atoms with Gasteiger partial charge in [0.25, 0.3) is 0 Å². The van der Waals surface area contributed by atoms with Gasteiger partial charge >= 0.3 is 5.97 Å². The molecule has 2 aromatic heterocycles. The van der Waals surface area contributed by atoms with Crippen molar-refractivity contribution in [1.29, 1.82) is 0 Å². The van der Waals surface area contributed by atoms with Gasteiger partial charge in [0.1, 0.15) is 4.88 Å². The van der Waals surface area contributed by atoms with E-state index in [-0.39, 0.29) is 5.97 Å². The molecule has 2 aromatic carbocycles. The van der Waals surface area contributed by atoms with Crippen LogP contribution >= 0.6 is 11.3 Å². The number of carbonyl (C=O) groups excluding carboxylic acids is 1. The highest BCUT2D eigenvalue weighted by atomic mass is 32.1. The summed E-state index contributed by atoms with van der Waals surface area (Å²) >= 11 is 1.23. The molecule has 0 saturated heterocycles. The van der Waals surface area contributed by atoms with Gasteiger partial charge in [-0.05, 0) is 31.0 Å². The lowest BCUT2D eigenvalue weighted by atomic mass is 10.0. The van der Waals surface area contributed by atoms with E-state index >= 15 is 0 Å². The molecule has 6 nitrogen and oxygen atoms in total. The summed E-state index contributed by atoms with van der Waals surface area (Å²) in [7, 11) is 0. The van der Waals surface area contributed by atoms with E-state index in [4.69, 9.17) is 4.74 Å². The second-order valence-corrected chi connectivity index (χ2v) is 7.49. The third-order valence-electron chi connectivity index (χ3n) is 4.42. The molecule has 0 atom stereocenters. The lowest BCUT2D eigenvalue weighted by Crippen LogP contribution is -2.03. The molecule has 4 aromatic rings. The van der Waals surface area contributed by atoms with E-state index in [9.17, 15) is 4.79 Å². The molecule has 0 bridgehead atoms. The fourth-order valence-electron chi connectivity index (χ4n) is 2.98. The van der Waals surface area contributed by atoms with Crippen LogP contribution in [0.25, 0.3) is 22.4 Å². The van der Waals surface area contributed by atoms with Crippen LogP contribution in [0, 0.1) is 6.92 Å². The third kappa shape index (κ3) is 4.36. The molecule has 30 heavy (non-hydrogen) atoms. The Balaban J connectivity index is 1.53. The zero-order valence-electron chi connectivity index (χ0n) is 16.6. The standard InChI is InChI=1S/C23H20N4O2S/c1-3-29-21(28)20-15(2)25-23(30-20)27-22-24-14-13-19(26-22)18-11-9-17(10-12-18)16-7-5-4-6-8-16/h4-14H,3H2,1-2H3,(H,24,25,26,27). The minimum atomic E-state index is -0.367. The number of aryl methyl sites for hydroxylation is 1. The molecule has 0 unspecified atom stereocenters. The molecule has 0 aliphatic heterocycles. The van der Waals surface area contributed by atoms with Gasteiger partial charge in [-0.1, -0.05) is 65.9 Å². The van der Waals surface area contributed by atoms with Gasteiger partial charge in [0.15, 0.2) is 5.13 Å². The normalized spacial score (nSPS) is 10.6. The summed E-state index contributed by atoms with van der Waals surface area (Å²) in [4.78, 5) is 25.7. The Hall–Kier alpha value is -3.58. The number of esters is 1. The zero-order chi connectivity index (χ0) is 20.9. The summed E-state index contributed by atoms with van der Waals surface area (Å²) in [5, 5.41) is 3.64. The van der Waals surface area contributed by atoms with E-state index in [1.165, 1.54) is 16.9 Å². The SMILES string of the molecule is CCOC(=O)c1sc(Nc2nccc(-c3ccc(-c4ccccc4)cc3)n2)nc1C. The molecule has 0 saturated carbocycles. The maximum Gasteiger partial charge on any atom is 0.350 e. The molecule has 150 valence electrons. The fourth-order valence-corrected chi connectivity index (χ4v) is 3.83. The maximum atomic E-state index is 12.0. The number of thiazole rings is 1. The second-order valence-electron chi connectivity index (χ2n) is 6.49.